The lowest BCUT2D eigenvalue weighted by Gasteiger charge is -2.31. The highest BCUT2D eigenvalue weighted by molar-refractivity contribution is 5.40. The molecule has 0 bridgehead atoms. The molecule has 0 aromatic heterocycles. The minimum absolute atomic E-state index is 0.536. The van der Waals surface area contributed by atoms with Crippen LogP contribution in [0.5, 0.6) is 0 Å². The van der Waals surface area contributed by atoms with E-state index in [0.717, 1.165) is 5.92 Å². The highest BCUT2D eigenvalue weighted by atomic mass is 14.9. The Balaban J connectivity index is 2.26. The van der Waals surface area contributed by atoms with E-state index in [1.165, 1.54) is 61.6 Å². The molecule has 1 aromatic carbocycles. The maximum atomic E-state index is 3.64. The quantitative estimate of drug-likeness (QED) is 0.795. The maximum absolute atomic E-state index is 3.64. The van der Waals surface area contributed by atoms with Gasteiger partial charge in [-0.3, -0.25) is 0 Å². The second-order valence-corrected chi connectivity index (χ2v) is 6.68. The first kappa shape index (κ1) is 15.6. The lowest BCUT2D eigenvalue weighted by atomic mass is 9.80. The largest absolute Gasteiger partial charge is 0.313 e. The van der Waals surface area contributed by atoms with E-state index >= 15 is 0 Å². The average Bonchev–Trinajstić information content (AvgIpc) is 2.34. The molecule has 0 radical (unpaired) electrons. The van der Waals surface area contributed by atoms with Crippen LogP contribution >= 0.6 is 0 Å². The molecule has 1 nitrogen and oxygen atoms in total. The van der Waals surface area contributed by atoms with E-state index in [0.29, 0.717) is 6.04 Å². The summed E-state index contributed by atoms with van der Waals surface area (Å²) in [4.78, 5) is 0. The van der Waals surface area contributed by atoms with Crippen molar-refractivity contribution in [2.24, 2.45) is 5.92 Å². The number of hydrogen-bond acceptors (Lipinski definition) is 1. The van der Waals surface area contributed by atoms with Gasteiger partial charge < -0.3 is 5.32 Å². The van der Waals surface area contributed by atoms with Crippen molar-refractivity contribution < 1.29 is 0 Å². The summed E-state index contributed by atoms with van der Waals surface area (Å²) >= 11 is 0. The van der Waals surface area contributed by atoms with E-state index in [-0.39, 0.29) is 0 Å². The molecule has 1 N–H and O–H groups in total. The average molecular weight is 273 g/mol. The molecular weight excluding hydrogens is 242 g/mol. The van der Waals surface area contributed by atoms with E-state index < -0.39 is 0 Å². The second kappa shape index (κ2) is 7.26. The van der Waals surface area contributed by atoms with Crippen LogP contribution in [-0.4, -0.2) is 7.05 Å². The molecule has 0 saturated heterocycles. The number of rotatable bonds is 3. The lowest BCUT2D eigenvalue weighted by molar-refractivity contribution is 0.298. The summed E-state index contributed by atoms with van der Waals surface area (Å²) in [5.74, 6) is 0.806. The van der Waals surface area contributed by atoms with Crippen molar-refractivity contribution in [3.05, 3.63) is 34.4 Å². The third-order valence-electron chi connectivity index (χ3n) is 4.98. The predicted octanol–water partition coefficient (Wildman–Crippen LogP) is 5.23. The molecule has 1 fully saturated rings. The van der Waals surface area contributed by atoms with Gasteiger partial charge in [-0.2, -0.15) is 0 Å². The fourth-order valence-corrected chi connectivity index (χ4v) is 4.12. The van der Waals surface area contributed by atoms with Crippen LogP contribution in [0.2, 0.25) is 0 Å². The summed E-state index contributed by atoms with van der Waals surface area (Å²) in [6.07, 6.45) is 9.90. The Morgan fingerprint density at radius 3 is 1.90 bits per heavy atom. The summed E-state index contributed by atoms with van der Waals surface area (Å²) in [6.45, 7) is 6.76. The normalized spacial score (nSPS) is 19.4. The van der Waals surface area contributed by atoms with Crippen molar-refractivity contribution >= 4 is 0 Å². The zero-order valence-corrected chi connectivity index (χ0v) is 13.8. The van der Waals surface area contributed by atoms with Gasteiger partial charge in [-0.1, -0.05) is 49.8 Å². The van der Waals surface area contributed by atoms with Gasteiger partial charge in [-0.15, -0.1) is 0 Å². The zero-order valence-electron chi connectivity index (χ0n) is 13.8. The van der Waals surface area contributed by atoms with Crippen LogP contribution in [0, 0.1) is 26.7 Å². The first-order valence-corrected chi connectivity index (χ1v) is 8.38. The van der Waals surface area contributed by atoms with E-state index in [9.17, 15) is 0 Å². The van der Waals surface area contributed by atoms with Gasteiger partial charge in [0, 0.05) is 6.04 Å². The third kappa shape index (κ3) is 3.63. The number of benzene rings is 1. The van der Waals surface area contributed by atoms with Crippen LogP contribution < -0.4 is 5.32 Å². The topological polar surface area (TPSA) is 12.0 Å². The van der Waals surface area contributed by atoms with E-state index in [4.69, 9.17) is 0 Å². The van der Waals surface area contributed by atoms with E-state index in [2.05, 4.69) is 45.3 Å². The molecule has 20 heavy (non-hydrogen) atoms. The first-order valence-electron chi connectivity index (χ1n) is 8.38. The summed E-state index contributed by atoms with van der Waals surface area (Å²) in [5, 5.41) is 3.64. The van der Waals surface area contributed by atoms with Crippen LogP contribution in [0.15, 0.2) is 12.1 Å². The Morgan fingerprint density at radius 1 is 0.900 bits per heavy atom. The lowest BCUT2D eigenvalue weighted by Crippen LogP contribution is -2.27. The van der Waals surface area contributed by atoms with Crippen LogP contribution in [0.25, 0.3) is 0 Å². The van der Waals surface area contributed by atoms with Crippen LogP contribution in [0.3, 0.4) is 0 Å². The molecule has 1 aliphatic carbocycles. The monoisotopic (exact) mass is 273 g/mol. The third-order valence-corrected chi connectivity index (χ3v) is 4.98. The fraction of sp³-hybridized carbons (Fsp3) is 0.684. The first-order chi connectivity index (χ1) is 9.63. The van der Waals surface area contributed by atoms with Gasteiger partial charge >= 0.3 is 0 Å². The van der Waals surface area contributed by atoms with Crippen molar-refractivity contribution in [1.82, 2.24) is 5.32 Å². The highest BCUT2D eigenvalue weighted by Gasteiger charge is 2.24. The summed E-state index contributed by atoms with van der Waals surface area (Å²) in [6, 6.07) is 5.22. The zero-order chi connectivity index (χ0) is 14.5. The Bertz CT molecular complexity index is 404. The van der Waals surface area contributed by atoms with Crippen molar-refractivity contribution in [3.63, 3.8) is 0 Å². The number of nitrogens with one attached hydrogen (secondary N) is 1. The summed E-state index contributed by atoms with van der Waals surface area (Å²) in [5.41, 5.74) is 5.87. The minimum atomic E-state index is 0.536. The van der Waals surface area contributed by atoms with E-state index in [1.54, 1.807) is 5.56 Å². The van der Waals surface area contributed by atoms with Gasteiger partial charge in [0.1, 0.15) is 0 Å². The Labute approximate surface area is 125 Å². The van der Waals surface area contributed by atoms with Gasteiger partial charge in [0.15, 0.2) is 0 Å². The molecule has 1 unspecified atom stereocenters. The molecule has 1 aliphatic rings. The Morgan fingerprint density at radius 2 is 1.40 bits per heavy atom. The van der Waals surface area contributed by atoms with Crippen LogP contribution in [0.1, 0.15) is 73.2 Å². The summed E-state index contributed by atoms with van der Waals surface area (Å²) in [7, 11) is 2.14. The molecule has 0 spiro atoms. The smallest absolute Gasteiger partial charge is 0.0351 e. The molecule has 1 heteroatoms. The molecule has 1 atom stereocenters. The maximum Gasteiger partial charge on any atom is 0.0351 e. The van der Waals surface area contributed by atoms with Crippen molar-refractivity contribution in [1.29, 1.82) is 0 Å². The predicted molar refractivity (Wildman–Crippen MR) is 88.3 cm³/mol. The molecule has 0 aliphatic heterocycles. The van der Waals surface area contributed by atoms with Gasteiger partial charge in [0.05, 0.1) is 0 Å². The van der Waals surface area contributed by atoms with Gasteiger partial charge in [0.2, 0.25) is 0 Å². The molecule has 1 saturated carbocycles. The van der Waals surface area contributed by atoms with Crippen molar-refractivity contribution in [2.75, 3.05) is 7.05 Å². The number of hydrogen-bond donors (Lipinski definition) is 1. The molecular formula is C19H31N. The highest BCUT2D eigenvalue weighted by Crippen LogP contribution is 2.35. The molecule has 0 amide bonds. The van der Waals surface area contributed by atoms with E-state index in [1.807, 2.05) is 0 Å². The Kier molecular flexibility index (Phi) is 5.65. The molecule has 1 aromatic rings. The molecule has 0 heterocycles. The van der Waals surface area contributed by atoms with Crippen LogP contribution in [-0.2, 0) is 0 Å². The standard InChI is InChI=1S/C19H31N/c1-14-12-15(2)18(16(3)13-14)19(20-4)17-10-8-6-5-7-9-11-17/h12-13,17,19-20H,5-11H2,1-4H3. The fourth-order valence-electron chi connectivity index (χ4n) is 4.12. The summed E-state index contributed by atoms with van der Waals surface area (Å²) < 4.78 is 0. The van der Waals surface area contributed by atoms with Crippen molar-refractivity contribution in [2.45, 2.75) is 71.8 Å². The van der Waals surface area contributed by atoms with Crippen molar-refractivity contribution in [3.8, 4) is 0 Å². The number of aryl methyl sites for hydroxylation is 3. The Hall–Kier alpha value is -0.820. The minimum Gasteiger partial charge on any atom is -0.313 e. The van der Waals surface area contributed by atoms with Gasteiger partial charge in [0.25, 0.3) is 0 Å². The second-order valence-electron chi connectivity index (χ2n) is 6.68. The molecule has 2 rings (SSSR count). The molecule has 112 valence electrons. The van der Waals surface area contributed by atoms with Crippen LogP contribution in [0.4, 0.5) is 0 Å². The van der Waals surface area contributed by atoms with Gasteiger partial charge in [-0.25, -0.2) is 0 Å². The SMILES string of the molecule is CNC(c1c(C)cc(C)cc1C)C1CCCCCCC1. The van der Waals surface area contributed by atoms with Gasteiger partial charge in [-0.05, 0) is 63.3 Å².